The van der Waals surface area contributed by atoms with Gasteiger partial charge in [-0.2, -0.15) is 0 Å². The quantitative estimate of drug-likeness (QED) is 0.737. The number of benzene rings is 2. The second-order valence-corrected chi connectivity index (χ2v) is 7.46. The van der Waals surface area contributed by atoms with Crippen molar-refractivity contribution in [3.05, 3.63) is 48.0 Å². The molecule has 0 saturated carbocycles. The Hall–Kier alpha value is -3.22. The van der Waals surface area contributed by atoms with Gasteiger partial charge in [0.1, 0.15) is 13.2 Å². The highest BCUT2D eigenvalue weighted by Gasteiger charge is 2.15. The monoisotopic (exact) mass is 410 g/mol. The second kappa shape index (κ2) is 9.52. The minimum absolute atomic E-state index is 0.0639. The molecule has 158 valence electrons. The summed E-state index contributed by atoms with van der Waals surface area (Å²) in [5.74, 6) is 0.458. The molecule has 0 aliphatic carbocycles. The lowest BCUT2D eigenvalue weighted by Gasteiger charge is -2.28. The number of carbonyl (C=O) groups excluding carboxylic acids is 2. The van der Waals surface area contributed by atoms with Gasteiger partial charge in [0.05, 0.1) is 6.42 Å². The zero-order valence-corrected chi connectivity index (χ0v) is 16.9. The molecule has 2 aliphatic rings. The van der Waals surface area contributed by atoms with Crippen molar-refractivity contribution in [1.29, 1.82) is 0 Å². The minimum atomic E-state index is -0.470. The van der Waals surface area contributed by atoms with Crippen molar-refractivity contribution >= 4 is 23.3 Å². The molecule has 7 nitrogen and oxygen atoms in total. The van der Waals surface area contributed by atoms with Crippen LogP contribution in [-0.4, -0.2) is 44.8 Å². The van der Waals surface area contributed by atoms with Crippen molar-refractivity contribution in [2.24, 2.45) is 0 Å². The van der Waals surface area contributed by atoms with E-state index in [-0.39, 0.29) is 18.9 Å². The van der Waals surface area contributed by atoms with E-state index in [9.17, 15) is 9.59 Å². The third kappa shape index (κ3) is 5.23. The van der Waals surface area contributed by atoms with Gasteiger partial charge in [-0.3, -0.25) is 9.59 Å². The molecule has 2 aliphatic heterocycles. The Morgan fingerprint density at radius 3 is 2.43 bits per heavy atom. The Labute approximate surface area is 175 Å². The maximum Gasteiger partial charge on any atom is 0.310 e. The average molecular weight is 410 g/mol. The lowest BCUT2D eigenvalue weighted by atomic mass is 10.1. The summed E-state index contributed by atoms with van der Waals surface area (Å²) in [5, 5.41) is 2.76. The smallest absolute Gasteiger partial charge is 0.310 e. The van der Waals surface area contributed by atoms with Crippen molar-refractivity contribution in [3.8, 4) is 11.5 Å². The molecule has 2 aromatic carbocycles. The first-order valence-corrected chi connectivity index (χ1v) is 10.4. The van der Waals surface area contributed by atoms with Crippen LogP contribution in [0, 0.1) is 0 Å². The molecule has 4 rings (SSSR count). The number of esters is 1. The molecule has 7 heteroatoms. The van der Waals surface area contributed by atoms with Crippen molar-refractivity contribution in [2.75, 3.05) is 43.1 Å². The van der Waals surface area contributed by atoms with Crippen LogP contribution in [0.2, 0.25) is 0 Å². The summed E-state index contributed by atoms with van der Waals surface area (Å²) in [6.45, 7) is 2.83. The van der Waals surface area contributed by atoms with Crippen molar-refractivity contribution in [2.45, 2.75) is 25.7 Å². The number of anilines is 2. The minimum Gasteiger partial charge on any atom is -0.486 e. The number of amides is 1. The number of piperidine rings is 1. The third-order valence-corrected chi connectivity index (χ3v) is 5.19. The van der Waals surface area contributed by atoms with Crippen LogP contribution in [-0.2, 0) is 20.7 Å². The topological polar surface area (TPSA) is 77.1 Å². The molecule has 1 N–H and O–H groups in total. The van der Waals surface area contributed by atoms with Crippen LogP contribution in [0.15, 0.2) is 42.5 Å². The third-order valence-electron chi connectivity index (χ3n) is 5.19. The number of hydrogen-bond acceptors (Lipinski definition) is 6. The molecule has 0 atom stereocenters. The van der Waals surface area contributed by atoms with Gasteiger partial charge in [-0.05, 0) is 61.2 Å². The Bertz CT molecular complexity index is 891. The first-order chi connectivity index (χ1) is 14.7. The van der Waals surface area contributed by atoms with Crippen molar-refractivity contribution in [3.63, 3.8) is 0 Å². The summed E-state index contributed by atoms with van der Waals surface area (Å²) in [4.78, 5) is 26.5. The van der Waals surface area contributed by atoms with Gasteiger partial charge >= 0.3 is 5.97 Å². The van der Waals surface area contributed by atoms with Crippen LogP contribution in [0.5, 0.6) is 11.5 Å². The highest BCUT2D eigenvalue weighted by Crippen LogP contribution is 2.31. The molecule has 0 bridgehead atoms. The number of hydrogen-bond donors (Lipinski definition) is 1. The standard InChI is InChI=1S/C23H26N2O5/c26-22(24-18-5-7-19(8-6-18)25-10-2-1-3-11-25)16-30-23(27)15-17-4-9-20-21(14-17)29-13-12-28-20/h4-9,14H,1-3,10-13,15-16H2,(H,24,26). The highest BCUT2D eigenvalue weighted by molar-refractivity contribution is 5.93. The fraction of sp³-hybridized carbons (Fsp3) is 0.391. The fourth-order valence-corrected chi connectivity index (χ4v) is 3.67. The summed E-state index contributed by atoms with van der Waals surface area (Å²) < 4.78 is 16.1. The van der Waals surface area contributed by atoms with E-state index in [1.165, 1.54) is 24.9 Å². The molecule has 0 aromatic heterocycles. The second-order valence-electron chi connectivity index (χ2n) is 7.46. The lowest BCUT2D eigenvalue weighted by Crippen LogP contribution is -2.29. The molecule has 1 amide bonds. The van der Waals surface area contributed by atoms with E-state index in [4.69, 9.17) is 14.2 Å². The molecular weight excluding hydrogens is 384 g/mol. The Kier molecular flexibility index (Phi) is 6.37. The number of ether oxygens (including phenoxy) is 3. The maximum atomic E-state index is 12.1. The van der Waals surface area contributed by atoms with Gasteiger partial charge < -0.3 is 24.4 Å². The van der Waals surface area contributed by atoms with Crippen LogP contribution in [0.1, 0.15) is 24.8 Å². The van der Waals surface area contributed by atoms with E-state index in [2.05, 4.69) is 10.2 Å². The van der Waals surface area contributed by atoms with E-state index in [0.717, 1.165) is 18.7 Å². The molecule has 30 heavy (non-hydrogen) atoms. The fourth-order valence-electron chi connectivity index (χ4n) is 3.67. The van der Waals surface area contributed by atoms with Gasteiger partial charge in [0.2, 0.25) is 0 Å². The zero-order valence-electron chi connectivity index (χ0n) is 16.9. The van der Waals surface area contributed by atoms with Gasteiger partial charge in [0, 0.05) is 24.5 Å². The molecule has 1 saturated heterocycles. The van der Waals surface area contributed by atoms with E-state index in [1.54, 1.807) is 18.2 Å². The Balaban J connectivity index is 1.23. The van der Waals surface area contributed by atoms with Crippen LogP contribution in [0.4, 0.5) is 11.4 Å². The normalized spacial score (nSPS) is 15.4. The van der Waals surface area contributed by atoms with Gasteiger partial charge in [-0.1, -0.05) is 6.07 Å². The number of nitrogens with zero attached hydrogens (tertiary/aromatic N) is 1. The van der Waals surface area contributed by atoms with E-state index >= 15 is 0 Å². The molecule has 1 fully saturated rings. The van der Waals surface area contributed by atoms with Crippen molar-refractivity contribution < 1.29 is 23.8 Å². The van der Waals surface area contributed by atoms with Gasteiger partial charge in [0.25, 0.3) is 5.91 Å². The molecule has 0 unspecified atom stereocenters. The van der Waals surface area contributed by atoms with Gasteiger partial charge in [0.15, 0.2) is 18.1 Å². The van der Waals surface area contributed by atoms with Crippen molar-refractivity contribution in [1.82, 2.24) is 0 Å². The van der Waals surface area contributed by atoms with Crippen LogP contribution in [0.25, 0.3) is 0 Å². The average Bonchev–Trinajstić information content (AvgIpc) is 2.79. The first-order valence-electron chi connectivity index (χ1n) is 10.4. The summed E-state index contributed by atoms with van der Waals surface area (Å²) in [7, 11) is 0. The predicted octanol–water partition coefficient (Wildman–Crippen LogP) is 3.17. The Morgan fingerprint density at radius 2 is 1.67 bits per heavy atom. The largest absolute Gasteiger partial charge is 0.486 e. The SMILES string of the molecule is O=C(COC(=O)Cc1ccc2c(c1)OCCO2)Nc1ccc(N2CCCCC2)cc1. The van der Waals surface area contributed by atoms with E-state index < -0.39 is 5.97 Å². The van der Waals surface area contributed by atoms with Crippen LogP contribution in [0.3, 0.4) is 0 Å². The molecule has 0 radical (unpaired) electrons. The summed E-state index contributed by atoms with van der Waals surface area (Å²) in [6, 6.07) is 13.1. The molecule has 2 heterocycles. The predicted molar refractivity (Wildman–Crippen MR) is 113 cm³/mol. The van der Waals surface area contributed by atoms with Gasteiger partial charge in [-0.25, -0.2) is 0 Å². The molecule has 2 aromatic rings. The highest BCUT2D eigenvalue weighted by atomic mass is 16.6. The molecular formula is C23H26N2O5. The van der Waals surface area contributed by atoms with Crippen LogP contribution < -0.4 is 19.7 Å². The maximum absolute atomic E-state index is 12.1. The zero-order chi connectivity index (χ0) is 20.8. The Morgan fingerprint density at radius 1 is 0.933 bits per heavy atom. The number of rotatable bonds is 6. The number of fused-ring (bicyclic) bond motifs is 1. The van der Waals surface area contributed by atoms with Crippen LogP contribution >= 0.6 is 0 Å². The summed E-state index contributed by atoms with van der Waals surface area (Å²) >= 11 is 0. The number of nitrogens with one attached hydrogen (secondary N) is 1. The first kappa shape index (κ1) is 20.1. The lowest BCUT2D eigenvalue weighted by molar-refractivity contribution is -0.146. The summed E-state index contributed by atoms with van der Waals surface area (Å²) in [5.41, 5.74) is 2.60. The number of carbonyl (C=O) groups is 2. The molecule has 0 spiro atoms. The van der Waals surface area contributed by atoms with Gasteiger partial charge in [-0.15, -0.1) is 0 Å². The summed E-state index contributed by atoms with van der Waals surface area (Å²) in [6.07, 6.45) is 3.79. The van der Waals surface area contributed by atoms with E-state index in [0.29, 0.717) is 30.4 Å². The van der Waals surface area contributed by atoms with E-state index in [1.807, 2.05) is 24.3 Å².